The molecule has 0 bridgehead atoms. The molecule has 1 aliphatic rings. The van der Waals surface area contributed by atoms with Crippen molar-refractivity contribution < 1.29 is 4.79 Å². The first kappa shape index (κ1) is 14.8. The zero-order chi connectivity index (χ0) is 14.5. The van der Waals surface area contributed by atoms with E-state index in [9.17, 15) is 4.79 Å². The van der Waals surface area contributed by atoms with Crippen LogP contribution in [0.4, 0.5) is 11.9 Å². The number of nitrogens with zero attached hydrogens (tertiary/aromatic N) is 3. The summed E-state index contributed by atoms with van der Waals surface area (Å²) in [6.45, 7) is 2.19. The summed E-state index contributed by atoms with van der Waals surface area (Å²) < 4.78 is 0. The van der Waals surface area contributed by atoms with Crippen LogP contribution in [0.25, 0.3) is 0 Å². The zero-order valence-corrected chi connectivity index (χ0v) is 12.3. The van der Waals surface area contributed by atoms with Gasteiger partial charge in [-0.2, -0.15) is 15.0 Å². The van der Waals surface area contributed by atoms with E-state index in [0.29, 0.717) is 11.1 Å². The lowest BCUT2D eigenvalue weighted by molar-refractivity contribution is -0.119. The normalized spacial score (nSPS) is 22.4. The molecule has 1 fully saturated rings. The van der Waals surface area contributed by atoms with Gasteiger partial charge in [-0.3, -0.25) is 4.79 Å². The fraction of sp³-hybridized carbons (Fsp3) is 0.667. The van der Waals surface area contributed by atoms with E-state index >= 15 is 0 Å². The molecule has 20 heavy (non-hydrogen) atoms. The molecule has 0 aliphatic heterocycles. The second-order valence-corrected chi connectivity index (χ2v) is 6.00. The predicted octanol–water partition coefficient (Wildman–Crippen LogP) is 0.823. The number of thioether (sulfide) groups is 1. The molecule has 1 heterocycles. The van der Waals surface area contributed by atoms with E-state index in [-0.39, 0.29) is 29.6 Å². The third-order valence-electron chi connectivity index (χ3n) is 3.44. The molecule has 1 aromatic rings. The Morgan fingerprint density at radius 2 is 1.90 bits per heavy atom. The molecule has 1 amide bonds. The van der Waals surface area contributed by atoms with Gasteiger partial charge in [-0.05, 0) is 18.8 Å². The Balaban J connectivity index is 1.82. The summed E-state index contributed by atoms with van der Waals surface area (Å²) in [5, 5.41) is 3.45. The van der Waals surface area contributed by atoms with Crippen molar-refractivity contribution in [2.75, 3.05) is 17.2 Å². The van der Waals surface area contributed by atoms with E-state index in [2.05, 4.69) is 27.2 Å². The number of nitrogen functional groups attached to an aromatic ring is 2. The van der Waals surface area contributed by atoms with Gasteiger partial charge in [-0.15, -0.1) is 0 Å². The number of hydrogen-bond acceptors (Lipinski definition) is 7. The van der Waals surface area contributed by atoms with Crippen LogP contribution in [0, 0.1) is 5.92 Å². The van der Waals surface area contributed by atoms with Gasteiger partial charge < -0.3 is 16.8 Å². The molecule has 5 N–H and O–H groups in total. The van der Waals surface area contributed by atoms with Gasteiger partial charge in [-0.1, -0.05) is 31.5 Å². The van der Waals surface area contributed by atoms with Gasteiger partial charge in [0.2, 0.25) is 17.8 Å². The Morgan fingerprint density at radius 1 is 1.25 bits per heavy atom. The Hall–Kier alpha value is -1.57. The molecule has 0 unspecified atom stereocenters. The van der Waals surface area contributed by atoms with Gasteiger partial charge in [0.25, 0.3) is 0 Å². The maximum atomic E-state index is 11.9. The highest BCUT2D eigenvalue weighted by Gasteiger charge is 2.22. The Morgan fingerprint density at radius 3 is 2.55 bits per heavy atom. The van der Waals surface area contributed by atoms with Crippen molar-refractivity contribution in [3.63, 3.8) is 0 Å². The lowest BCUT2D eigenvalue weighted by Crippen LogP contribution is -2.41. The smallest absolute Gasteiger partial charge is 0.230 e. The summed E-state index contributed by atoms with van der Waals surface area (Å²) in [6.07, 6.45) is 4.68. The number of anilines is 2. The topological polar surface area (TPSA) is 120 Å². The molecule has 0 radical (unpaired) electrons. The minimum absolute atomic E-state index is 0.00805. The van der Waals surface area contributed by atoms with Crippen LogP contribution in [0.5, 0.6) is 0 Å². The highest BCUT2D eigenvalue weighted by atomic mass is 32.2. The van der Waals surface area contributed by atoms with E-state index in [1.807, 2.05) is 0 Å². The van der Waals surface area contributed by atoms with Crippen molar-refractivity contribution in [1.29, 1.82) is 0 Å². The van der Waals surface area contributed by atoms with Gasteiger partial charge >= 0.3 is 0 Å². The highest BCUT2D eigenvalue weighted by Crippen LogP contribution is 2.24. The molecule has 8 heteroatoms. The van der Waals surface area contributed by atoms with Crippen LogP contribution >= 0.6 is 11.8 Å². The number of aromatic nitrogens is 3. The van der Waals surface area contributed by atoms with Crippen LogP contribution in [0.15, 0.2) is 5.16 Å². The standard InChI is InChI=1S/C12H20N6OS/c1-7-4-2-3-5-8(7)15-9(19)6-20-12-17-10(13)16-11(14)18-12/h7-8H,2-6H2,1H3,(H,15,19)(H4,13,14,16,17,18)/t7-,8-/m0/s1. The van der Waals surface area contributed by atoms with Gasteiger partial charge in [0.15, 0.2) is 5.16 Å². The summed E-state index contributed by atoms with van der Waals surface area (Å²) in [5.74, 6) is 0.932. The van der Waals surface area contributed by atoms with Crippen LogP contribution in [0.3, 0.4) is 0 Å². The largest absolute Gasteiger partial charge is 0.368 e. The maximum absolute atomic E-state index is 11.9. The van der Waals surface area contributed by atoms with Crippen molar-refractivity contribution >= 4 is 29.6 Å². The molecule has 0 saturated heterocycles. The van der Waals surface area contributed by atoms with Gasteiger partial charge in [-0.25, -0.2) is 0 Å². The number of nitrogens with one attached hydrogen (secondary N) is 1. The summed E-state index contributed by atoms with van der Waals surface area (Å²) >= 11 is 1.21. The summed E-state index contributed by atoms with van der Waals surface area (Å²) in [7, 11) is 0. The first-order valence-corrected chi connectivity index (χ1v) is 7.72. The molecular formula is C12H20N6OS. The van der Waals surface area contributed by atoms with Gasteiger partial charge in [0, 0.05) is 6.04 Å². The summed E-state index contributed by atoms with van der Waals surface area (Å²) in [6, 6.07) is 0.283. The van der Waals surface area contributed by atoms with Crippen LogP contribution in [0.1, 0.15) is 32.6 Å². The monoisotopic (exact) mass is 296 g/mol. The fourth-order valence-corrected chi connectivity index (χ4v) is 3.02. The van der Waals surface area contributed by atoms with Gasteiger partial charge in [0.1, 0.15) is 0 Å². The number of nitrogens with two attached hydrogens (primary N) is 2. The average Bonchev–Trinajstić information content (AvgIpc) is 2.38. The molecule has 110 valence electrons. The quantitative estimate of drug-likeness (QED) is 0.703. The van der Waals surface area contributed by atoms with E-state index in [4.69, 9.17) is 11.5 Å². The second kappa shape index (κ2) is 6.74. The van der Waals surface area contributed by atoms with E-state index in [1.165, 1.54) is 31.0 Å². The highest BCUT2D eigenvalue weighted by molar-refractivity contribution is 7.99. The summed E-state index contributed by atoms with van der Waals surface area (Å²) in [4.78, 5) is 23.5. The minimum Gasteiger partial charge on any atom is -0.368 e. The SMILES string of the molecule is C[C@H]1CCCC[C@@H]1NC(=O)CSc1nc(N)nc(N)n1. The Kier molecular flexibility index (Phi) is 4.99. The molecule has 2 atom stereocenters. The first-order valence-electron chi connectivity index (χ1n) is 6.74. The molecular weight excluding hydrogens is 276 g/mol. The second-order valence-electron chi connectivity index (χ2n) is 5.06. The first-order chi connectivity index (χ1) is 9.54. The zero-order valence-electron chi connectivity index (χ0n) is 11.5. The molecule has 0 aromatic carbocycles. The lowest BCUT2D eigenvalue weighted by Gasteiger charge is -2.29. The van der Waals surface area contributed by atoms with Crippen LogP contribution < -0.4 is 16.8 Å². The average molecular weight is 296 g/mol. The summed E-state index contributed by atoms with van der Waals surface area (Å²) in [5.41, 5.74) is 11.0. The van der Waals surface area contributed by atoms with Gasteiger partial charge in [0.05, 0.1) is 5.75 Å². The number of hydrogen-bond donors (Lipinski definition) is 3. The van der Waals surface area contributed by atoms with Crippen molar-refractivity contribution in [2.45, 2.75) is 43.8 Å². The third-order valence-corrected chi connectivity index (χ3v) is 4.29. The number of carbonyl (C=O) groups is 1. The van der Waals surface area contributed by atoms with Crippen LogP contribution in [0.2, 0.25) is 0 Å². The van der Waals surface area contributed by atoms with Crippen molar-refractivity contribution in [3.05, 3.63) is 0 Å². The van der Waals surface area contributed by atoms with Crippen molar-refractivity contribution in [1.82, 2.24) is 20.3 Å². The van der Waals surface area contributed by atoms with E-state index in [1.54, 1.807) is 0 Å². The number of rotatable bonds is 4. The van der Waals surface area contributed by atoms with E-state index < -0.39 is 0 Å². The maximum Gasteiger partial charge on any atom is 0.230 e. The Bertz CT molecular complexity index is 463. The van der Waals surface area contributed by atoms with E-state index in [0.717, 1.165) is 6.42 Å². The molecule has 0 spiro atoms. The Labute approximate surface area is 122 Å². The molecule has 1 aromatic heterocycles. The van der Waals surface area contributed by atoms with Crippen molar-refractivity contribution in [2.24, 2.45) is 5.92 Å². The number of carbonyl (C=O) groups excluding carboxylic acids is 1. The third kappa shape index (κ3) is 4.22. The molecule has 7 nitrogen and oxygen atoms in total. The molecule has 2 rings (SSSR count). The fourth-order valence-electron chi connectivity index (χ4n) is 2.36. The van der Waals surface area contributed by atoms with Crippen LogP contribution in [-0.4, -0.2) is 32.7 Å². The minimum atomic E-state index is -0.00805. The van der Waals surface area contributed by atoms with Crippen molar-refractivity contribution in [3.8, 4) is 0 Å². The molecule has 1 aliphatic carbocycles. The molecule has 1 saturated carbocycles. The predicted molar refractivity (Wildman–Crippen MR) is 78.9 cm³/mol. The number of amides is 1. The van der Waals surface area contributed by atoms with Crippen LogP contribution in [-0.2, 0) is 4.79 Å². The lowest BCUT2D eigenvalue weighted by atomic mass is 9.86.